The van der Waals surface area contributed by atoms with Crippen LogP contribution in [0.3, 0.4) is 0 Å². The summed E-state index contributed by atoms with van der Waals surface area (Å²) in [4.78, 5) is 24.3. The molecule has 2 aromatic rings. The third kappa shape index (κ3) is 8.97. The number of carbonyl (C=O) groups excluding carboxylic acids is 2. The van der Waals surface area contributed by atoms with Gasteiger partial charge in [0.25, 0.3) is 0 Å². The van der Waals surface area contributed by atoms with Crippen LogP contribution >= 0.6 is 0 Å². The summed E-state index contributed by atoms with van der Waals surface area (Å²) in [5.74, 6) is 5.66. The van der Waals surface area contributed by atoms with Gasteiger partial charge in [0.05, 0.1) is 18.6 Å². The van der Waals surface area contributed by atoms with Gasteiger partial charge < -0.3 is 24.3 Å². The molecule has 0 fully saturated rings. The van der Waals surface area contributed by atoms with Crippen LogP contribution in [0.4, 0.5) is 4.79 Å². The summed E-state index contributed by atoms with van der Waals surface area (Å²) < 4.78 is 48.7. The smallest absolute Gasteiger partial charge is 0.407 e. The van der Waals surface area contributed by atoms with Gasteiger partial charge >= 0.3 is 12.1 Å². The molecule has 0 aliphatic heterocycles. The number of sulfonamides is 1. The number of ether oxygens (including phenoxy) is 4. The number of esters is 1. The first-order chi connectivity index (χ1) is 17.9. The minimum Gasteiger partial charge on any atom is -0.492 e. The minimum absolute atomic E-state index is 0.0136. The van der Waals surface area contributed by atoms with Gasteiger partial charge in [-0.1, -0.05) is 18.1 Å². The number of hydrogen-bond acceptors (Lipinski definition) is 8. The molecule has 0 radical (unpaired) electrons. The highest BCUT2D eigenvalue weighted by Gasteiger charge is 2.35. The molecule has 38 heavy (non-hydrogen) atoms. The van der Waals surface area contributed by atoms with Crippen molar-refractivity contribution in [2.45, 2.75) is 44.2 Å². The fraction of sp³-hybridized carbons (Fsp3) is 0.407. The van der Waals surface area contributed by atoms with E-state index in [0.717, 1.165) is 4.31 Å². The quantitative estimate of drug-likeness (QED) is 0.258. The SMILES string of the molecule is CC#CCOc1ccc(S(=O)(=O)N(C)C(C(=O)OC)c2ccc(OCCNC(=O)OC(C)(C)C)cc2)cc1. The van der Waals surface area contributed by atoms with Gasteiger partial charge in [-0.2, -0.15) is 4.31 Å². The van der Waals surface area contributed by atoms with Crippen molar-refractivity contribution in [3.8, 4) is 23.3 Å². The molecule has 2 rings (SSSR count). The van der Waals surface area contributed by atoms with Crippen LogP contribution in [0, 0.1) is 11.8 Å². The summed E-state index contributed by atoms with van der Waals surface area (Å²) >= 11 is 0. The van der Waals surface area contributed by atoms with E-state index in [9.17, 15) is 18.0 Å². The molecule has 0 saturated heterocycles. The van der Waals surface area contributed by atoms with Crippen LogP contribution in [0.2, 0.25) is 0 Å². The molecule has 1 atom stereocenters. The first-order valence-electron chi connectivity index (χ1n) is 11.8. The van der Waals surface area contributed by atoms with Crippen molar-refractivity contribution in [1.29, 1.82) is 0 Å². The Labute approximate surface area is 224 Å². The van der Waals surface area contributed by atoms with Gasteiger partial charge in [0.2, 0.25) is 10.0 Å². The van der Waals surface area contributed by atoms with Gasteiger partial charge in [0.1, 0.15) is 36.4 Å². The molecular formula is C27H34N2O8S. The van der Waals surface area contributed by atoms with Crippen LogP contribution < -0.4 is 14.8 Å². The normalized spacial score (nSPS) is 12.1. The molecular weight excluding hydrogens is 512 g/mol. The number of alkyl carbamates (subject to hydrolysis) is 1. The van der Waals surface area contributed by atoms with E-state index >= 15 is 0 Å². The van der Waals surface area contributed by atoms with Gasteiger partial charge in [-0.15, -0.1) is 5.92 Å². The summed E-state index contributed by atoms with van der Waals surface area (Å²) in [6.45, 7) is 7.59. The van der Waals surface area contributed by atoms with E-state index in [4.69, 9.17) is 18.9 Å². The maximum atomic E-state index is 13.3. The second-order valence-corrected chi connectivity index (χ2v) is 11.0. The molecule has 0 heterocycles. The number of carbonyl (C=O) groups is 2. The van der Waals surface area contributed by atoms with E-state index in [1.165, 1.54) is 38.4 Å². The Morgan fingerprint density at radius 2 is 1.58 bits per heavy atom. The Morgan fingerprint density at radius 1 is 1.00 bits per heavy atom. The number of amides is 1. The molecule has 0 aromatic heterocycles. The molecule has 0 bridgehead atoms. The summed E-state index contributed by atoms with van der Waals surface area (Å²) in [6, 6.07) is 11.0. The third-order valence-electron chi connectivity index (χ3n) is 5.01. The maximum absolute atomic E-state index is 13.3. The summed E-state index contributed by atoms with van der Waals surface area (Å²) in [5, 5.41) is 2.59. The lowest BCUT2D eigenvalue weighted by atomic mass is 10.1. The average Bonchev–Trinajstić information content (AvgIpc) is 2.87. The molecule has 10 nitrogen and oxygen atoms in total. The number of nitrogens with zero attached hydrogens (tertiary/aromatic N) is 1. The summed E-state index contributed by atoms with van der Waals surface area (Å²) in [7, 11) is -1.57. The van der Waals surface area contributed by atoms with Gasteiger partial charge in [0.15, 0.2) is 0 Å². The zero-order valence-corrected chi connectivity index (χ0v) is 23.3. The lowest BCUT2D eigenvalue weighted by molar-refractivity contribution is -0.145. The lowest BCUT2D eigenvalue weighted by Gasteiger charge is -2.26. The van der Waals surface area contributed by atoms with Crippen LogP contribution in [-0.2, 0) is 24.3 Å². The second-order valence-electron chi connectivity index (χ2n) is 8.98. The Morgan fingerprint density at radius 3 is 2.13 bits per heavy atom. The number of likely N-dealkylation sites (N-methyl/N-ethyl adjacent to an activating group) is 1. The number of nitrogens with one attached hydrogen (secondary N) is 1. The van der Waals surface area contributed by atoms with Gasteiger partial charge in [-0.05, 0) is 69.7 Å². The molecule has 1 amide bonds. The number of methoxy groups -OCH3 is 1. The van der Waals surface area contributed by atoms with Crippen molar-refractivity contribution in [3.63, 3.8) is 0 Å². The lowest BCUT2D eigenvalue weighted by Crippen LogP contribution is -2.36. The molecule has 0 aliphatic rings. The van der Waals surface area contributed by atoms with Gasteiger partial charge in [-0.25, -0.2) is 18.0 Å². The Bertz CT molecular complexity index is 1240. The molecule has 0 saturated carbocycles. The fourth-order valence-electron chi connectivity index (χ4n) is 3.19. The molecule has 206 valence electrons. The van der Waals surface area contributed by atoms with Crippen molar-refractivity contribution in [2.75, 3.05) is 33.9 Å². The molecule has 1 unspecified atom stereocenters. The van der Waals surface area contributed by atoms with Gasteiger partial charge in [0, 0.05) is 7.05 Å². The predicted molar refractivity (Wildman–Crippen MR) is 141 cm³/mol. The van der Waals surface area contributed by atoms with Crippen molar-refractivity contribution in [3.05, 3.63) is 54.1 Å². The predicted octanol–water partition coefficient (Wildman–Crippen LogP) is 3.53. The first kappa shape index (κ1) is 30.5. The molecule has 0 spiro atoms. The highest BCUT2D eigenvalue weighted by Crippen LogP contribution is 2.29. The van der Waals surface area contributed by atoms with E-state index in [1.807, 2.05) is 0 Å². The van der Waals surface area contributed by atoms with Crippen LogP contribution in [0.1, 0.15) is 39.3 Å². The zero-order valence-electron chi connectivity index (χ0n) is 22.4. The van der Waals surface area contributed by atoms with E-state index in [1.54, 1.807) is 52.0 Å². The highest BCUT2D eigenvalue weighted by molar-refractivity contribution is 7.89. The van der Waals surface area contributed by atoms with E-state index in [2.05, 4.69) is 17.2 Å². The topological polar surface area (TPSA) is 120 Å². The summed E-state index contributed by atoms with van der Waals surface area (Å²) in [6.07, 6.45) is -0.547. The first-order valence-corrected chi connectivity index (χ1v) is 13.2. The third-order valence-corrected chi connectivity index (χ3v) is 6.85. The average molecular weight is 547 g/mol. The van der Waals surface area contributed by atoms with Gasteiger partial charge in [-0.3, -0.25) is 0 Å². The monoisotopic (exact) mass is 546 g/mol. The Hall–Kier alpha value is -3.75. The van der Waals surface area contributed by atoms with E-state index in [-0.39, 0.29) is 24.7 Å². The number of hydrogen-bond donors (Lipinski definition) is 1. The van der Waals surface area contributed by atoms with E-state index < -0.39 is 33.7 Å². The largest absolute Gasteiger partial charge is 0.492 e. The molecule has 11 heteroatoms. The van der Waals surface area contributed by atoms with Crippen LogP contribution in [0.5, 0.6) is 11.5 Å². The van der Waals surface area contributed by atoms with Crippen LogP contribution in [0.15, 0.2) is 53.4 Å². The Balaban J connectivity index is 2.10. The second kappa shape index (κ2) is 13.7. The van der Waals surface area contributed by atoms with Crippen molar-refractivity contribution >= 4 is 22.1 Å². The number of benzene rings is 2. The Kier molecular flexibility index (Phi) is 11.0. The van der Waals surface area contributed by atoms with Crippen molar-refractivity contribution in [2.24, 2.45) is 0 Å². The maximum Gasteiger partial charge on any atom is 0.407 e. The van der Waals surface area contributed by atoms with Crippen LogP contribution in [0.25, 0.3) is 0 Å². The summed E-state index contributed by atoms with van der Waals surface area (Å²) in [5.41, 5.74) is -0.209. The van der Waals surface area contributed by atoms with E-state index in [0.29, 0.717) is 17.1 Å². The zero-order chi connectivity index (χ0) is 28.3. The van der Waals surface area contributed by atoms with Crippen molar-refractivity contribution in [1.82, 2.24) is 9.62 Å². The number of rotatable bonds is 11. The fourth-order valence-corrected chi connectivity index (χ4v) is 4.49. The standard InChI is InChI=1S/C27H34N2O8S/c1-7-8-18-35-22-13-15-23(16-14-22)38(32,33)29(5)24(25(30)34-6)20-9-11-21(12-10-20)36-19-17-28-26(31)37-27(2,3)4/h9-16,24H,17-19H2,1-6H3,(H,28,31). The van der Waals surface area contributed by atoms with Crippen molar-refractivity contribution < 1.29 is 37.0 Å². The molecule has 2 aromatic carbocycles. The minimum atomic E-state index is -4.07. The molecule has 0 aliphatic carbocycles. The highest BCUT2D eigenvalue weighted by atomic mass is 32.2. The van der Waals surface area contributed by atoms with Crippen LogP contribution in [-0.4, -0.2) is 64.3 Å². The molecule has 1 N–H and O–H groups in total.